The third-order valence-electron chi connectivity index (χ3n) is 2.16. The fraction of sp³-hybridized carbons (Fsp3) is 0.0833. The molecule has 6 heteroatoms. The monoisotopic (exact) mass is 324 g/mol. The van der Waals surface area contributed by atoms with Crippen LogP contribution in [0.1, 0.15) is 25.9 Å². The van der Waals surface area contributed by atoms with Crippen LogP contribution in [0.4, 0.5) is 0 Å². The molecular weight excluding hydrogens is 316 g/mol. The van der Waals surface area contributed by atoms with E-state index in [1.165, 1.54) is 11.3 Å². The van der Waals surface area contributed by atoms with E-state index in [4.69, 9.17) is 5.11 Å². The Hall–Kier alpha value is -1.53. The van der Waals surface area contributed by atoms with Crippen LogP contribution in [0, 0.1) is 6.92 Å². The smallest absolute Gasteiger partial charge is 0.355 e. The average molecular weight is 325 g/mol. The number of thiazole rings is 1. The Morgan fingerprint density at radius 3 is 2.83 bits per heavy atom. The van der Waals surface area contributed by atoms with E-state index in [0.717, 1.165) is 10.0 Å². The van der Waals surface area contributed by atoms with Gasteiger partial charge in [0, 0.05) is 21.7 Å². The van der Waals surface area contributed by atoms with Crippen molar-refractivity contribution in [1.29, 1.82) is 0 Å². The van der Waals surface area contributed by atoms with Crippen molar-refractivity contribution >= 4 is 45.4 Å². The highest BCUT2D eigenvalue weighted by Crippen LogP contribution is 2.20. The lowest BCUT2D eigenvalue weighted by Crippen LogP contribution is -1.98. The van der Waals surface area contributed by atoms with Gasteiger partial charge in [0.05, 0.1) is 0 Å². The fourth-order valence-electron chi connectivity index (χ4n) is 1.37. The molecule has 1 N–H and O–H groups in total. The number of halogens is 1. The van der Waals surface area contributed by atoms with E-state index >= 15 is 0 Å². The molecule has 2 heterocycles. The van der Waals surface area contributed by atoms with Crippen LogP contribution in [0.5, 0.6) is 0 Å². The van der Waals surface area contributed by atoms with Gasteiger partial charge in [-0.25, -0.2) is 9.78 Å². The topological polar surface area (TPSA) is 63.1 Å². The number of aryl methyl sites for hydroxylation is 1. The summed E-state index contributed by atoms with van der Waals surface area (Å²) < 4.78 is 0.895. The minimum absolute atomic E-state index is 0.118. The summed E-state index contributed by atoms with van der Waals surface area (Å²) in [5.74, 6) is -0.993. The molecule has 0 fully saturated rings. The minimum atomic E-state index is -0.993. The summed E-state index contributed by atoms with van der Waals surface area (Å²) in [4.78, 5) is 19.6. The lowest BCUT2D eigenvalue weighted by Gasteiger charge is -1.92. The number of hydrogen-bond donors (Lipinski definition) is 1. The van der Waals surface area contributed by atoms with Gasteiger partial charge in [-0.1, -0.05) is 6.08 Å². The standard InChI is InChI=1S/C12H9BrN2O2S/c1-7-11(12(16)17)15-10(18-7)3-2-8-4-9(13)6-14-5-8/h2-6H,1H3,(H,16,17). The number of carbonyl (C=O) groups is 1. The molecule has 92 valence electrons. The quantitative estimate of drug-likeness (QED) is 0.938. The molecule has 0 saturated heterocycles. The molecule has 0 amide bonds. The van der Waals surface area contributed by atoms with E-state index in [0.29, 0.717) is 9.88 Å². The summed E-state index contributed by atoms with van der Waals surface area (Å²) in [6.45, 7) is 1.75. The predicted octanol–water partition coefficient (Wildman–Crippen LogP) is 3.48. The summed E-state index contributed by atoms with van der Waals surface area (Å²) in [6.07, 6.45) is 7.06. The molecule has 0 spiro atoms. The molecule has 0 atom stereocenters. The lowest BCUT2D eigenvalue weighted by atomic mass is 10.2. The number of carboxylic acid groups (broad SMARTS) is 1. The van der Waals surface area contributed by atoms with Crippen LogP contribution < -0.4 is 0 Å². The first kappa shape index (κ1) is 12.9. The Kier molecular flexibility index (Phi) is 3.88. The lowest BCUT2D eigenvalue weighted by molar-refractivity contribution is 0.0690. The molecule has 0 aliphatic heterocycles. The normalized spacial score (nSPS) is 11.0. The van der Waals surface area contributed by atoms with Crippen LogP contribution >= 0.6 is 27.3 Å². The van der Waals surface area contributed by atoms with Gasteiger partial charge in [0.1, 0.15) is 5.01 Å². The first-order valence-electron chi connectivity index (χ1n) is 5.05. The third-order valence-corrected chi connectivity index (χ3v) is 3.53. The Bertz CT molecular complexity index is 622. The van der Waals surface area contributed by atoms with E-state index in [-0.39, 0.29) is 5.69 Å². The number of hydrogen-bond acceptors (Lipinski definition) is 4. The van der Waals surface area contributed by atoms with Crippen LogP contribution in [0.25, 0.3) is 12.2 Å². The largest absolute Gasteiger partial charge is 0.476 e. The van der Waals surface area contributed by atoms with E-state index in [9.17, 15) is 4.79 Å². The Morgan fingerprint density at radius 1 is 1.44 bits per heavy atom. The molecule has 2 rings (SSSR count). The van der Waals surface area contributed by atoms with Crippen molar-refractivity contribution < 1.29 is 9.90 Å². The number of aromatic carboxylic acids is 1. The van der Waals surface area contributed by atoms with E-state index in [1.54, 1.807) is 25.4 Å². The zero-order valence-corrected chi connectivity index (χ0v) is 11.8. The van der Waals surface area contributed by atoms with E-state index in [1.807, 2.05) is 12.1 Å². The second-order valence-electron chi connectivity index (χ2n) is 3.53. The van der Waals surface area contributed by atoms with Crippen LogP contribution in [0.2, 0.25) is 0 Å². The van der Waals surface area contributed by atoms with Crippen molar-refractivity contribution in [3.63, 3.8) is 0 Å². The van der Waals surface area contributed by atoms with Gasteiger partial charge in [-0.2, -0.15) is 0 Å². The second-order valence-corrected chi connectivity index (χ2v) is 5.68. The Labute approximate surface area is 116 Å². The fourth-order valence-corrected chi connectivity index (χ4v) is 2.57. The van der Waals surface area contributed by atoms with Gasteiger partial charge in [-0.15, -0.1) is 11.3 Å². The highest BCUT2D eigenvalue weighted by atomic mass is 79.9. The number of carboxylic acids is 1. The SMILES string of the molecule is Cc1sc(C=Cc2cncc(Br)c2)nc1C(=O)O. The van der Waals surface area contributed by atoms with Crippen LogP contribution in [0.3, 0.4) is 0 Å². The summed E-state index contributed by atoms with van der Waals surface area (Å²) in [6, 6.07) is 1.92. The molecule has 4 nitrogen and oxygen atoms in total. The van der Waals surface area contributed by atoms with Crippen molar-refractivity contribution in [2.75, 3.05) is 0 Å². The highest BCUT2D eigenvalue weighted by molar-refractivity contribution is 9.10. The maximum atomic E-state index is 10.9. The molecule has 2 aromatic heterocycles. The molecule has 0 radical (unpaired) electrons. The summed E-state index contributed by atoms with van der Waals surface area (Å²) >= 11 is 4.69. The van der Waals surface area contributed by atoms with Gasteiger partial charge in [-0.3, -0.25) is 4.98 Å². The second kappa shape index (κ2) is 5.41. The number of aromatic nitrogens is 2. The zero-order chi connectivity index (χ0) is 13.1. The first-order valence-corrected chi connectivity index (χ1v) is 6.66. The Balaban J connectivity index is 2.24. The van der Waals surface area contributed by atoms with Crippen molar-refractivity contribution in [1.82, 2.24) is 9.97 Å². The summed E-state index contributed by atoms with van der Waals surface area (Å²) in [7, 11) is 0. The van der Waals surface area contributed by atoms with Crippen LogP contribution in [-0.4, -0.2) is 21.0 Å². The number of pyridine rings is 1. The van der Waals surface area contributed by atoms with Gasteiger partial charge in [0.15, 0.2) is 5.69 Å². The maximum absolute atomic E-state index is 10.9. The minimum Gasteiger partial charge on any atom is -0.476 e. The summed E-state index contributed by atoms with van der Waals surface area (Å²) in [5.41, 5.74) is 1.04. The third kappa shape index (κ3) is 3.02. The molecule has 0 bridgehead atoms. The molecular formula is C12H9BrN2O2S. The van der Waals surface area contributed by atoms with Crippen molar-refractivity contribution in [2.24, 2.45) is 0 Å². The van der Waals surface area contributed by atoms with Crippen molar-refractivity contribution in [3.05, 3.63) is 44.1 Å². The van der Waals surface area contributed by atoms with E-state index in [2.05, 4.69) is 25.9 Å². The predicted molar refractivity (Wildman–Crippen MR) is 74.7 cm³/mol. The molecule has 0 unspecified atom stereocenters. The number of nitrogens with zero attached hydrogens (tertiary/aromatic N) is 2. The molecule has 0 aliphatic rings. The Morgan fingerprint density at radius 2 is 2.22 bits per heavy atom. The molecule has 0 aromatic carbocycles. The molecule has 0 saturated carbocycles. The molecule has 18 heavy (non-hydrogen) atoms. The van der Waals surface area contributed by atoms with Gasteiger partial charge >= 0.3 is 5.97 Å². The van der Waals surface area contributed by atoms with Gasteiger partial charge in [-0.05, 0) is 40.6 Å². The van der Waals surface area contributed by atoms with E-state index < -0.39 is 5.97 Å². The maximum Gasteiger partial charge on any atom is 0.355 e. The number of rotatable bonds is 3. The van der Waals surface area contributed by atoms with Gasteiger partial charge < -0.3 is 5.11 Å². The molecule has 0 aliphatic carbocycles. The van der Waals surface area contributed by atoms with Crippen LogP contribution in [-0.2, 0) is 0 Å². The van der Waals surface area contributed by atoms with Gasteiger partial charge in [0.2, 0.25) is 0 Å². The van der Waals surface area contributed by atoms with Crippen LogP contribution in [0.15, 0.2) is 22.9 Å². The average Bonchev–Trinajstić information content (AvgIpc) is 2.68. The first-order chi connectivity index (χ1) is 8.56. The highest BCUT2D eigenvalue weighted by Gasteiger charge is 2.12. The summed E-state index contributed by atoms with van der Waals surface area (Å²) in [5, 5.41) is 9.58. The zero-order valence-electron chi connectivity index (χ0n) is 9.42. The van der Waals surface area contributed by atoms with Gasteiger partial charge in [0.25, 0.3) is 0 Å². The van der Waals surface area contributed by atoms with Crippen molar-refractivity contribution in [2.45, 2.75) is 6.92 Å². The molecule has 2 aromatic rings. The van der Waals surface area contributed by atoms with Crippen molar-refractivity contribution in [3.8, 4) is 0 Å².